The van der Waals surface area contributed by atoms with Crippen molar-refractivity contribution in [1.29, 1.82) is 0 Å². The topological polar surface area (TPSA) is 66.3 Å². The molecule has 2 aromatic rings. The second-order valence-electron chi connectivity index (χ2n) is 5.05. The summed E-state index contributed by atoms with van der Waals surface area (Å²) >= 11 is 0. The predicted molar refractivity (Wildman–Crippen MR) is 75.3 cm³/mol. The maximum Gasteiger partial charge on any atom is 0.274 e. The maximum atomic E-state index is 12.5. The van der Waals surface area contributed by atoms with Gasteiger partial charge in [0.2, 0.25) is 0 Å². The predicted octanol–water partition coefficient (Wildman–Crippen LogP) is 1.62. The second-order valence-corrected chi connectivity index (χ2v) is 5.05. The first kappa shape index (κ1) is 13.0. The highest BCUT2D eigenvalue weighted by atomic mass is 16.3. The van der Waals surface area contributed by atoms with Crippen molar-refractivity contribution in [3.8, 4) is 0 Å². The first-order valence-corrected chi connectivity index (χ1v) is 6.93. The van der Waals surface area contributed by atoms with E-state index >= 15 is 0 Å². The fourth-order valence-electron chi connectivity index (χ4n) is 2.46. The number of benzene rings is 1. The SMILES string of the molecule is O=C(c1cnc2ccccc2n1)N(CCO)C1CCC1. The van der Waals surface area contributed by atoms with E-state index < -0.39 is 0 Å². The van der Waals surface area contributed by atoms with Crippen LogP contribution in [0.25, 0.3) is 11.0 Å². The van der Waals surface area contributed by atoms with Gasteiger partial charge >= 0.3 is 0 Å². The van der Waals surface area contributed by atoms with Crippen LogP contribution in [0, 0.1) is 0 Å². The quantitative estimate of drug-likeness (QED) is 0.917. The molecular weight excluding hydrogens is 254 g/mol. The summed E-state index contributed by atoms with van der Waals surface area (Å²) in [5.74, 6) is -0.137. The van der Waals surface area contributed by atoms with Gasteiger partial charge in [0.1, 0.15) is 5.69 Å². The van der Waals surface area contributed by atoms with Crippen LogP contribution in [0.3, 0.4) is 0 Å². The van der Waals surface area contributed by atoms with E-state index in [1.165, 1.54) is 6.20 Å². The fraction of sp³-hybridized carbons (Fsp3) is 0.400. The molecular formula is C15H17N3O2. The van der Waals surface area contributed by atoms with E-state index in [9.17, 15) is 4.79 Å². The van der Waals surface area contributed by atoms with Gasteiger partial charge in [-0.2, -0.15) is 0 Å². The Kier molecular flexibility index (Phi) is 3.60. The summed E-state index contributed by atoms with van der Waals surface area (Å²) in [7, 11) is 0. The van der Waals surface area contributed by atoms with Crippen molar-refractivity contribution in [3.05, 3.63) is 36.2 Å². The van der Waals surface area contributed by atoms with Crippen molar-refractivity contribution in [3.63, 3.8) is 0 Å². The molecule has 0 bridgehead atoms. The van der Waals surface area contributed by atoms with E-state index in [2.05, 4.69) is 9.97 Å². The molecule has 1 heterocycles. The Morgan fingerprint density at radius 1 is 1.30 bits per heavy atom. The molecule has 0 aliphatic heterocycles. The van der Waals surface area contributed by atoms with Crippen LogP contribution in [0.5, 0.6) is 0 Å². The Morgan fingerprint density at radius 3 is 2.70 bits per heavy atom. The summed E-state index contributed by atoms with van der Waals surface area (Å²) in [6.07, 6.45) is 4.68. The van der Waals surface area contributed by atoms with E-state index in [1.807, 2.05) is 24.3 Å². The van der Waals surface area contributed by atoms with Gasteiger partial charge in [-0.3, -0.25) is 9.78 Å². The van der Waals surface area contributed by atoms with Gasteiger partial charge in [0.25, 0.3) is 5.91 Å². The largest absolute Gasteiger partial charge is 0.395 e. The maximum absolute atomic E-state index is 12.5. The van der Waals surface area contributed by atoms with Gasteiger partial charge in [0.15, 0.2) is 0 Å². The van der Waals surface area contributed by atoms with Crippen molar-refractivity contribution in [2.24, 2.45) is 0 Å². The molecule has 0 radical (unpaired) electrons. The molecule has 1 aliphatic carbocycles. The first-order chi connectivity index (χ1) is 9.79. The molecule has 0 spiro atoms. The molecule has 0 saturated heterocycles. The molecule has 3 rings (SSSR count). The average molecular weight is 271 g/mol. The van der Waals surface area contributed by atoms with Crippen molar-refractivity contribution in [2.45, 2.75) is 25.3 Å². The number of nitrogens with zero attached hydrogens (tertiary/aromatic N) is 3. The van der Waals surface area contributed by atoms with Crippen LogP contribution in [0.2, 0.25) is 0 Å². The number of fused-ring (bicyclic) bond motifs is 1. The van der Waals surface area contributed by atoms with Crippen LogP contribution in [-0.4, -0.2) is 45.1 Å². The number of carbonyl (C=O) groups excluding carboxylic acids is 1. The lowest BCUT2D eigenvalue weighted by Gasteiger charge is -2.37. The summed E-state index contributed by atoms with van der Waals surface area (Å²) in [5.41, 5.74) is 1.85. The zero-order valence-corrected chi connectivity index (χ0v) is 11.2. The lowest BCUT2D eigenvalue weighted by atomic mass is 9.91. The standard InChI is InChI=1S/C15H17N3O2/c19-9-8-18(11-4-3-5-11)15(20)14-10-16-12-6-1-2-7-13(12)17-14/h1-2,6-7,10-11,19H,3-5,8-9H2. The highest BCUT2D eigenvalue weighted by molar-refractivity contribution is 5.94. The summed E-state index contributed by atoms with van der Waals surface area (Å²) < 4.78 is 0. The number of aromatic nitrogens is 2. The van der Waals surface area contributed by atoms with Gasteiger partial charge in [0, 0.05) is 12.6 Å². The number of rotatable bonds is 4. The van der Waals surface area contributed by atoms with Crippen LogP contribution in [-0.2, 0) is 0 Å². The summed E-state index contributed by atoms with van der Waals surface area (Å²) in [6.45, 7) is 0.335. The zero-order valence-electron chi connectivity index (χ0n) is 11.2. The number of hydrogen-bond acceptors (Lipinski definition) is 4. The minimum atomic E-state index is -0.137. The minimum absolute atomic E-state index is 0.0246. The van der Waals surface area contributed by atoms with Gasteiger partial charge in [0.05, 0.1) is 23.8 Å². The summed E-state index contributed by atoms with van der Waals surface area (Å²) in [6, 6.07) is 7.73. The van der Waals surface area contributed by atoms with Crippen molar-refractivity contribution >= 4 is 16.9 Å². The van der Waals surface area contributed by atoms with Crippen LogP contribution in [0.4, 0.5) is 0 Å². The number of para-hydroxylation sites is 2. The Bertz CT molecular complexity index is 625. The first-order valence-electron chi connectivity index (χ1n) is 6.93. The Morgan fingerprint density at radius 2 is 2.05 bits per heavy atom. The summed E-state index contributed by atoms with van der Waals surface area (Å²) in [4.78, 5) is 22.9. The van der Waals surface area contributed by atoms with Crippen LogP contribution in [0.15, 0.2) is 30.5 Å². The number of hydrogen-bond donors (Lipinski definition) is 1. The molecule has 1 N–H and O–H groups in total. The molecule has 0 unspecified atom stereocenters. The Hall–Kier alpha value is -2.01. The zero-order chi connectivity index (χ0) is 13.9. The van der Waals surface area contributed by atoms with Gasteiger partial charge in [-0.1, -0.05) is 12.1 Å². The third-order valence-corrected chi connectivity index (χ3v) is 3.78. The van der Waals surface area contributed by atoms with Crippen LogP contribution in [0.1, 0.15) is 29.8 Å². The third-order valence-electron chi connectivity index (χ3n) is 3.78. The molecule has 1 amide bonds. The second kappa shape index (κ2) is 5.54. The number of carbonyl (C=O) groups is 1. The monoisotopic (exact) mass is 271 g/mol. The normalized spacial score (nSPS) is 15.1. The molecule has 1 aliphatic rings. The molecule has 5 heteroatoms. The van der Waals surface area contributed by atoms with Gasteiger partial charge < -0.3 is 10.0 Å². The average Bonchev–Trinajstić information content (AvgIpc) is 2.43. The molecule has 104 valence electrons. The molecule has 0 atom stereocenters. The Labute approximate surface area is 117 Å². The van der Waals surface area contributed by atoms with Crippen LogP contribution >= 0.6 is 0 Å². The van der Waals surface area contributed by atoms with E-state index in [-0.39, 0.29) is 18.6 Å². The summed E-state index contributed by atoms with van der Waals surface area (Å²) in [5, 5.41) is 9.14. The smallest absolute Gasteiger partial charge is 0.274 e. The minimum Gasteiger partial charge on any atom is -0.395 e. The third kappa shape index (κ3) is 2.36. The van der Waals surface area contributed by atoms with Gasteiger partial charge in [-0.15, -0.1) is 0 Å². The molecule has 1 fully saturated rings. The lowest BCUT2D eigenvalue weighted by Crippen LogP contribution is -2.45. The van der Waals surface area contributed by atoms with E-state index in [0.29, 0.717) is 12.2 Å². The van der Waals surface area contributed by atoms with Gasteiger partial charge in [-0.05, 0) is 31.4 Å². The molecule has 1 aromatic heterocycles. The van der Waals surface area contributed by atoms with E-state index in [4.69, 9.17) is 5.11 Å². The van der Waals surface area contributed by atoms with Crippen molar-refractivity contribution in [1.82, 2.24) is 14.9 Å². The van der Waals surface area contributed by atoms with Gasteiger partial charge in [-0.25, -0.2) is 4.98 Å². The molecule has 1 saturated carbocycles. The highest BCUT2D eigenvalue weighted by Gasteiger charge is 2.29. The molecule has 20 heavy (non-hydrogen) atoms. The molecule has 1 aromatic carbocycles. The van der Waals surface area contributed by atoms with E-state index in [0.717, 1.165) is 30.3 Å². The number of amides is 1. The van der Waals surface area contributed by atoms with E-state index in [1.54, 1.807) is 4.90 Å². The van der Waals surface area contributed by atoms with Crippen LogP contribution < -0.4 is 0 Å². The number of aliphatic hydroxyl groups is 1. The Balaban J connectivity index is 1.89. The lowest BCUT2D eigenvalue weighted by molar-refractivity contribution is 0.0520. The van der Waals surface area contributed by atoms with Crippen molar-refractivity contribution in [2.75, 3.05) is 13.2 Å². The van der Waals surface area contributed by atoms with Crippen molar-refractivity contribution < 1.29 is 9.90 Å². The fourth-order valence-corrected chi connectivity index (χ4v) is 2.46. The highest BCUT2D eigenvalue weighted by Crippen LogP contribution is 2.25. The number of aliphatic hydroxyl groups excluding tert-OH is 1. The molecule has 5 nitrogen and oxygen atoms in total.